The highest BCUT2D eigenvalue weighted by Gasteiger charge is 2.39. The van der Waals surface area contributed by atoms with Gasteiger partial charge in [-0.3, -0.25) is 4.79 Å². The summed E-state index contributed by atoms with van der Waals surface area (Å²) in [6.07, 6.45) is 1.68. The topological polar surface area (TPSA) is 125 Å². The number of anilines is 1. The molecule has 1 N–H and O–H groups in total. The summed E-state index contributed by atoms with van der Waals surface area (Å²) in [6.45, 7) is 8.97. The minimum absolute atomic E-state index is 0.00291. The lowest BCUT2D eigenvalue weighted by atomic mass is 9.95. The number of aliphatic hydroxyl groups excluding tert-OH is 1. The Hall–Kier alpha value is -4.30. The first-order valence-electron chi connectivity index (χ1n) is 13.2. The van der Waals surface area contributed by atoms with Crippen molar-refractivity contribution in [3.05, 3.63) is 59.2 Å². The number of hydrogen-bond acceptors (Lipinski definition) is 8. The molecule has 208 valence electrons. The molecule has 2 aromatic heterocycles. The highest BCUT2D eigenvalue weighted by molar-refractivity contribution is 6.08. The molecule has 1 unspecified atom stereocenters. The van der Waals surface area contributed by atoms with Gasteiger partial charge in [0.15, 0.2) is 5.82 Å². The average molecular weight is 547 g/mol. The zero-order chi connectivity index (χ0) is 28.9. The van der Waals surface area contributed by atoms with Gasteiger partial charge in [-0.2, -0.15) is 10.4 Å². The molecule has 1 saturated heterocycles. The van der Waals surface area contributed by atoms with Crippen LogP contribution in [-0.2, 0) is 11.3 Å². The quantitative estimate of drug-likeness (QED) is 0.506. The summed E-state index contributed by atoms with van der Waals surface area (Å²) in [4.78, 5) is 34.1. The van der Waals surface area contributed by atoms with Crippen LogP contribution in [-0.4, -0.2) is 60.6 Å². The number of nitriles is 1. The average Bonchev–Trinajstić information content (AvgIpc) is 3.46. The van der Waals surface area contributed by atoms with Gasteiger partial charge >= 0.3 is 6.09 Å². The summed E-state index contributed by atoms with van der Waals surface area (Å²) in [5.74, 6) is -0.592. The van der Waals surface area contributed by atoms with E-state index in [2.05, 4.69) is 9.88 Å². The van der Waals surface area contributed by atoms with Crippen LogP contribution in [0, 0.1) is 17.1 Å². The molecular formula is C29H31FN6O4. The van der Waals surface area contributed by atoms with Gasteiger partial charge in [0.05, 0.1) is 52.5 Å². The van der Waals surface area contributed by atoms with Gasteiger partial charge in [-0.05, 0) is 65.7 Å². The minimum Gasteiger partial charge on any atom is -0.443 e. The molecule has 40 heavy (non-hydrogen) atoms. The summed E-state index contributed by atoms with van der Waals surface area (Å²) in [5, 5.41) is 24.6. The molecule has 11 heteroatoms. The van der Waals surface area contributed by atoms with E-state index in [1.807, 2.05) is 26.0 Å². The maximum atomic E-state index is 15.0. The second-order valence-electron chi connectivity index (χ2n) is 11.3. The molecule has 1 fully saturated rings. The third-order valence-electron chi connectivity index (χ3n) is 7.11. The number of aromatic nitrogens is 3. The summed E-state index contributed by atoms with van der Waals surface area (Å²) in [5.41, 5.74) is 0.0900. The van der Waals surface area contributed by atoms with Crippen LogP contribution in [0.25, 0.3) is 16.9 Å². The number of amides is 2. The third-order valence-corrected chi connectivity index (χ3v) is 7.11. The molecule has 5 rings (SSSR count). The molecule has 3 atom stereocenters. The molecule has 2 aliphatic heterocycles. The highest BCUT2D eigenvalue weighted by atomic mass is 19.1. The first kappa shape index (κ1) is 27.3. The molecule has 3 aromatic rings. The van der Waals surface area contributed by atoms with Crippen molar-refractivity contribution in [2.75, 3.05) is 4.90 Å². The number of carbonyl (C=O) groups excluding carboxylic acids is 2. The van der Waals surface area contributed by atoms with Crippen LogP contribution in [0.1, 0.15) is 69.1 Å². The van der Waals surface area contributed by atoms with E-state index in [9.17, 15) is 20.0 Å². The van der Waals surface area contributed by atoms with Crippen molar-refractivity contribution in [2.24, 2.45) is 0 Å². The van der Waals surface area contributed by atoms with E-state index in [-0.39, 0.29) is 52.8 Å². The van der Waals surface area contributed by atoms with Gasteiger partial charge in [-0.1, -0.05) is 6.07 Å². The van der Waals surface area contributed by atoms with Gasteiger partial charge in [0, 0.05) is 24.3 Å². The molecule has 0 aliphatic carbocycles. The standard InChI is InChI=1S/C29H31FN6O4/c1-16-11-19(37)12-17(2)36(16)24-9-10-35(33-24)23-13-21(25-18(14-31)7-6-8-20(25)30)32-22-15-34(27(38)26(22)23)28(39)40-29(3,4)5/h6-10,13,16-17,19,37H,11-12,15H2,1-5H3/t16-,17+,19?. The van der Waals surface area contributed by atoms with Crippen molar-refractivity contribution >= 4 is 17.8 Å². The fourth-order valence-corrected chi connectivity index (χ4v) is 5.52. The SMILES string of the molecule is C[C@@H]1CC(O)C[C@H](C)N1c1ccn(-c2cc(-c3c(F)cccc3C#N)nc3c2C(=O)N(C(=O)OC(C)(C)C)C3)n1. The van der Waals surface area contributed by atoms with E-state index in [0.717, 1.165) is 4.90 Å². The van der Waals surface area contributed by atoms with E-state index in [1.54, 1.807) is 27.0 Å². The number of halogens is 1. The maximum Gasteiger partial charge on any atom is 0.417 e. The lowest BCUT2D eigenvalue weighted by molar-refractivity contribution is 0.0247. The summed E-state index contributed by atoms with van der Waals surface area (Å²) in [6, 6.07) is 9.56. The van der Waals surface area contributed by atoms with E-state index in [4.69, 9.17) is 9.84 Å². The van der Waals surface area contributed by atoms with Gasteiger partial charge in [-0.15, -0.1) is 0 Å². The second-order valence-corrected chi connectivity index (χ2v) is 11.3. The number of ether oxygens (including phenoxy) is 1. The zero-order valence-electron chi connectivity index (χ0n) is 23.1. The van der Waals surface area contributed by atoms with Crippen LogP contribution in [0.5, 0.6) is 0 Å². The number of rotatable bonds is 3. The fraction of sp³-hybridized carbons (Fsp3) is 0.414. The van der Waals surface area contributed by atoms with Gasteiger partial charge in [0.25, 0.3) is 5.91 Å². The Morgan fingerprint density at radius 2 is 1.88 bits per heavy atom. The Bertz CT molecular complexity index is 1530. The number of pyridine rings is 1. The van der Waals surface area contributed by atoms with Crippen LogP contribution in [0.4, 0.5) is 15.0 Å². The summed E-state index contributed by atoms with van der Waals surface area (Å²) < 4.78 is 22.0. The van der Waals surface area contributed by atoms with Crippen LogP contribution in [0.3, 0.4) is 0 Å². The number of aliphatic hydroxyl groups is 1. The Balaban J connectivity index is 1.64. The monoisotopic (exact) mass is 546 g/mol. The smallest absolute Gasteiger partial charge is 0.417 e. The number of benzene rings is 1. The van der Waals surface area contributed by atoms with Crippen molar-refractivity contribution in [1.29, 1.82) is 5.26 Å². The number of hydrogen-bond donors (Lipinski definition) is 1. The summed E-state index contributed by atoms with van der Waals surface area (Å²) >= 11 is 0. The largest absolute Gasteiger partial charge is 0.443 e. The van der Waals surface area contributed by atoms with Crippen LogP contribution >= 0.6 is 0 Å². The lowest BCUT2D eigenvalue weighted by Gasteiger charge is -2.41. The number of nitrogens with zero attached hydrogens (tertiary/aromatic N) is 6. The fourth-order valence-electron chi connectivity index (χ4n) is 5.52. The van der Waals surface area contributed by atoms with Crippen LogP contribution in [0.2, 0.25) is 0 Å². The molecule has 2 amide bonds. The summed E-state index contributed by atoms with van der Waals surface area (Å²) in [7, 11) is 0. The molecule has 0 bridgehead atoms. The first-order chi connectivity index (χ1) is 18.9. The predicted molar refractivity (Wildman–Crippen MR) is 144 cm³/mol. The van der Waals surface area contributed by atoms with Crippen molar-refractivity contribution < 1.29 is 23.8 Å². The van der Waals surface area contributed by atoms with Crippen molar-refractivity contribution in [2.45, 2.75) is 77.8 Å². The van der Waals surface area contributed by atoms with Gasteiger partial charge in [0.1, 0.15) is 11.4 Å². The van der Waals surface area contributed by atoms with E-state index >= 15 is 4.39 Å². The van der Waals surface area contributed by atoms with Crippen molar-refractivity contribution in [1.82, 2.24) is 19.7 Å². The van der Waals surface area contributed by atoms with E-state index in [1.165, 1.54) is 28.9 Å². The Morgan fingerprint density at radius 1 is 1.18 bits per heavy atom. The van der Waals surface area contributed by atoms with Crippen molar-refractivity contribution in [3.8, 4) is 23.0 Å². The van der Waals surface area contributed by atoms with E-state index in [0.29, 0.717) is 24.3 Å². The molecule has 4 heterocycles. The Morgan fingerprint density at radius 3 is 2.52 bits per heavy atom. The molecule has 0 spiro atoms. The normalized spacial score (nSPS) is 20.9. The van der Waals surface area contributed by atoms with Crippen molar-refractivity contribution in [3.63, 3.8) is 0 Å². The van der Waals surface area contributed by atoms with Gasteiger partial charge in [0.2, 0.25) is 0 Å². The number of carbonyl (C=O) groups is 2. The zero-order valence-corrected chi connectivity index (χ0v) is 23.1. The lowest BCUT2D eigenvalue weighted by Crippen LogP contribution is -2.48. The number of piperidine rings is 1. The first-order valence-corrected chi connectivity index (χ1v) is 13.2. The predicted octanol–water partition coefficient (Wildman–Crippen LogP) is 4.57. The maximum absolute atomic E-state index is 15.0. The molecule has 1 aromatic carbocycles. The third kappa shape index (κ3) is 4.91. The highest BCUT2D eigenvalue weighted by Crippen LogP contribution is 2.35. The molecule has 0 saturated carbocycles. The second kappa shape index (κ2) is 10.0. The Labute approximate surface area is 231 Å². The van der Waals surface area contributed by atoms with Crippen LogP contribution < -0.4 is 4.90 Å². The Kier molecular flexibility index (Phi) is 6.84. The molecular weight excluding hydrogens is 515 g/mol. The van der Waals surface area contributed by atoms with Gasteiger partial charge in [-0.25, -0.2) is 23.8 Å². The number of fused-ring (bicyclic) bond motifs is 1. The van der Waals surface area contributed by atoms with E-state index < -0.39 is 23.4 Å². The minimum atomic E-state index is -0.825. The van der Waals surface area contributed by atoms with Crippen LogP contribution in [0.15, 0.2) is 36.5 Å². The number of imide groups is 1. The van der Waals surface area contributed by atoms with Gasteiger partial charge < -0.3 is 14.7 Å². The molecule has 2 aliphatic rings. The molecule has 10 nitrogen and oxygen atoms in total. The molecule has 0 radical (unpaired) electrons.